The Bertz CT molecular complexity index is 1440. The minimum Gasteiger partial charge on any atom is -0.481 e. The van der Waals surface area contributed by atoms with E-state index in [0.717, 1.165) is 27.8 Å². The van der Waals surface area contributed by atoms with Crippen LogP contribution in [0.25, 0.3) is 22.5 Å². The summed E-state index contributed by atoms with van der Waals surface area (Å²) >= 11 is 0. The maximum absolute atomic E-state index is 12.0. The summed E-state index contributed by atoms with van der Waals surface area (Å²) in [6.45, 7) is 3.74. The molecule has 3 N–H and O–H groups in total. The molecule has 5 rings (SSSR count). The van der Waals surface area contributed by atoms with Gasteiger partial charge in [-0.25, -0.2) is 4.79 Å². The highest BCUT2D eigenvalue weighted by Crippen LogP contribution is 2.49. The van der Waals surface area contributed by atoms with E-state index < -0.39 is 23.1 Å². The Hall–Kier alpha value is -4.39. The number of benzene rings is 3. The highest BCUT2D eigenvalue weighted by molar-refractivity contribution is 5.85. The number of rotatable bonds is 8. The van der Waals surface area contributed by atoms with Gasteiger partial charge < -0.3 is 20.1 Å². The second-order valence-corrected chi connectivity index (χ2v) is 9.48. The third-order valence-corrected chi connectivity index (χ3v) is 7.36. The predicted molar refractivity (Wildman–Crippen MR) is 139 cm³/mol. The summed E-state index contributed by atoms with van der Waals surface area (Å²) in [5, 5.41) is 13.8. The van der Waals surface area contributed by atoms with Gasteiger partial charge >= 0.3 is 12.1 Å². The quantitative estimate of drug-likeness (QED) is 0.301. The number of aromatic nitrogens is 1. The fourth-order valence-corrected chi connectivity index (χ4v) is 5.18. The van der Waals surface area contributed by atoms with E-state index in [1.54, 1.807) is 0 Å². The lowest BCUT2D eigenvalue weighted by Gasteiger charge is -2.32. The van der Waals surface area contributed by atoms with Crippen molar-refractivity contribution in [3.05, 3.63) is 101 Å². The van der Waals surface area contributed by atoms with Crippen LogP contribution in [-0.2, 0) is 20.5 Å². The highest BCUT2D eigenvalue weighted by Gasteiger charge is 2.51. The van der Waals surface area contributed by atoms with Crippen molar-refractivity contribution in [2.24, 2.45) is 5.73 Å². The summed E-state index contributed by atoms with van der Waals surface area (Å²) < 4.78 is 11.6. The van der Waals surface area contributed by atoms with Gasteiger partial charge in [0.2, 0.25) is 0 Å². The number of hydrogen-bond acceptors (Lipinski definition) is 5. The van der Waals surface area contributed by atoms with Crippen LogP contribution in [0.5, 0.6) is 0 Å². The zero-order chi connectivity index (χ0) is 26.2. The molecular weight excluding hydrogens is 468 g/mol. The molecule has 7 nitrogen and oxygen atoms in total. The van der Waals surface area contributed by atoms with Gasteiger partial charge in [-0.15, -0.1) is 0 Å². The normalized spacial score (nSPS) is 15.5. The second kappa shape index (κ2) is 9.24. The molecule has 0 unspecified atom stereocenters. The minimum absolute atomic E-state index is 0.428. The largest absolute Gasteiger partial charge is 0.481 e. The Labute approximate surface area is 214 Å². The number of carbonyl (C=O) groups is 2. The van der Waals surface area contributed by atoms with Crippen LogP contribution in [0.2, 0.25) is 0 Å². The van der Waals surface area contributed by atoms with Crippen molar-refractivity contribution in [2.75, 3.05) is 0 Å². The molecule has 1 aliphatic carbocycles. The maximum Gasteiger partial charge on any atom is 0.405 e. The number of nitrogens with zero attached hydrogens (tertiary/aromatic N) is 1. The lowest BCUT2D eigenvalue weighted by molar-refractivity contribution is -0.140. The molecule has 1 aromatic heterocycles. The van der Waals surface area contributed by atoms with Gasteiger partial charge in [-0.3, -0.25) is 4.79 Å². The van der Waals surface area contributed by atoms with Gasteiger partial charge in [-0.2, -0.15) is 0 Å². The number of hydrogen-bond donors (Lipinski definition) is 2. The smallest absolute Gasteiger partial charge is 0.405 e. The molecule has 1 heterocycles. The summed E-state index contributed by atoms with van der Waals surface area (Å²) in [5.41, 5.74) is 9.26. The minimum atomic E-state index is -1.16. The molecule has 1 aliphatic rings. The average molecular weight is 497 g/mol. The van der Waals surface area contributed by atoms with Gasteiger partial charge in [0.1, 0.15) is 0 Å². The average Bonchev–Trinajstić information content (AvgIpc) is 3.65. The summed E-state index contributed by atoms with van der Waals surface area (Å²) in [5.74, 6) is -0.259. The standard InChI is InChI=1S/C30H28N2O5/c1-3-30(36-28(31)35,24-7-5-4-6-8-24)25-19(2)32-37-26(25)22-11-9-20(10-12-22)21-13-15-23(16-14-21)29(17-18-29)27(33)34/h4-16H,3,17-18H2,1-2H3,(H2,31,35)(H,33,34)/t30-/m0/s1. The van der Waals surface area contributed by atoms with Crippen LogP contribution in [0.15, 0.2) is 83.4 Å². The zero-order valence-corrected chi connectivity index (χ0v) is 20.7. The molecule has 0 spiro atoms. The van der Waals surface area contributed by atoms with Crippen molar-refractivity contribution in [1.82, 2.24) is 5.16 Å². The van der Waals surface area contributed by atoms with Crippen LogP contribution in [0.4, 0.5) is 4.79 Å². The molecule has 1 saturated carbocycles. The number of aryl methyl sites for hydroxylation is 1. The molecule has 188 valence electrons. The van der Waals surface area contributed by atoms with E-state index in [1.807, 2.05) is 92.7 Å². The second-order valence-electron chi connectivity index (χ2n) is 9.48. The van der Waals surface area contributed by atoms with Gasteiger partial charge in [0.25, 0.3) is 0 Å². The van der Waals surface area contributed by atoms with Crippen molar-refractivity contribution in [3.8, 4) is 22.5 Å². The van der Waals surface area contributed by atoms with E-state index in [4.69, 9.17) is 15.0 Å². The number of carbonyl (C=O) groups excluding carboxylic acids is 1. The number of nitrogens with two attached hydrogens (primary N) is 1. The van der Waals surface area contributed by atoms with E-state index in [-0.39, 0.29) is 0 Å². The number of primary amides is 1. The van der Waals surface area contributed by atoms with Crippen molar-refractivity contribution in [1.29, 1.82) is 0 Å². The van der Waals surface area contributed by atoms with Crippen LogP contribution >= 0.6 is 0 Å². The molecule has 37 heavy (non-hydrogen) atoms. The summed E-state index contributed by atoms with van der Waals surface area (Å²) in [4.78, 5) is 23.7. The summed E-state index contributed by atoms with van der Waals surface area (Å²) in [7, 11) is 0. The van der Waals surface area contributed by atoms with E-state index in [0.29, 0.717) is 36.3 Å². The van der Waals surface area contributed by atoms with E-state index >= 15 is 0 Å². The lowest BCUT2D eigenvalue weighted by atomic mass is 9.81. The molecule has 4 aromatic rings. The third kappa shape index (κ3) is 4.16. The summed E-state index contributed by atoms with van der Waals surface area (Å²) in [6, 6.07) is 25.0. The van der Waals surface area contributed by atoms with Gasteiger partial charge in [0.05, 0.1) is 16.7 Å². The first-order valence-corrected chi connectivity index (χ1v) is 12.3. The van der Waals surface area contributed by atoms with Gasteiger partial charge in [-0.05, 0) is 42.9 Å². The highest BCUT2D eigenvalue weighted by atomic mass is 16.6. The Morgan fingerprint density at radius 1 is 0.973 bits per heavy atom. The molecule has 0 saturated heterocycles. The maximum atomic E-state index is 12.0. The number of carboxylic acids is 1. The first-order valence-electron chi connectivity index (χ1n) is 12.3. The molecule has 0 bridgehead atoms. The van der Waals surface area contributed by atoms with Crippen molar-refractivity contribution >= 4 is 12.1 Å². The van der Waals surface area contributed by atoms with Crippen LogP contribution in [0, 0.1) is 6.92 Å². The van der Waals surface area contributed by atoms with Crippen LogP contribution < -0.4 is 5.73 Å². The number of amides is 1. The monoisotopic (exact) mass is 496 g/mol. The van der Waals surface area contributed by atoms with Crippen LogP contribution in [0.1, 0.15) is 48.6 Å². The number of ether oxygens (including phenoxy) is 1. The summed E-state index contributed by atoms with van der Waals surface area (Å²) in [6.07, 6.45) is 0.901. The molecule has 7 heteroatoms. The van der Waals surface area contributed by atoms with Crippen LogP contribution in [-0.4, -0.2) is 22.3 Å². The molecule has 1 atom stereocenters. The van der Waals surface area contributed by atoms with Gasteiger partial charge in [0.15, 0.2) is 11.4 Å². The molecule has 1 amide bonds. The van der Waals surface area contributed by atoms with E-state index in [9.17, 15) is 14.7 Å². The van der Waals surface area contributed by atoms with E-state index in [1.165, 1.54) is 0 Å². The fraction of sp³-hybridized carbons (Fsp3) is 0.233. The Morgan fingerprint density at radius 2 is 1.54 bits per heavy atom. The Balaban J connectivity index is 1.51. The topological polar surface area (TPSA) is 116 Å². The molecule has 0 aliphatic heterocycles. The first kappa shape index (κ1) is 24.3. The Morgan fingerprint density at radius 3 is 2.05 bits per heavy atom. The van der Waals surface area contributed by atoms with Crippen molar-refractivity contribution < 1.29 is 24.0 Å². The van der Waals surface area contributed by atoms with Crippen LogP contribution in [0.3, 0.4) is 0 Å². The van der Waals surface area contributed by atoms with Gasteiger partial charge in [0, 0.05) is 11.1 Å². The Kier molecular flexibility index (Phi) is 6.07. The molecule has 1 fully saturated rings. The van der Waals surface area contributed by atoms with Gasteiger partial charge in [-0.1, -0.05) is 90.9 Å². The fourth-order valence-electron chi connectivity index (χ4n) is 5.18. The van der Waals surface area contributed by atoms with Crippen molar-refractivity contribution in [2.45, 2.75) is 44.1 Å². The molecule has 0 radical (unpaired) electrons. The predicted octanol–water partition coefficient (Wildman–Crippen LogP) is 6.18. The SMILES string of the molecule is CC[C@](OC(N)=O)(c1ccccc1)c1c(C)noc1-c1ccc(-c2ccc(C3(C(=O)O)CC3)cc2)cc1. The molecular formula is C30H28N2O5. The first-order chi connectivity index (χ1) is 17.8. The zero-order valence-electron chi connectivity index (χ0n) is 20.7. The number of carboxylic acid groups (broad SMARTS) is 1. The molecule has 3 aromatic carbocycles. The van der Waals surface area contributed by atoms with E-state index in [2.05, 4.69) is 5.16 Å². The van der Waals surface area contributed by atoms with Crippen molar-refractivity contribution in [3.63, 3.8) is 0 Å². The number of aliphatic carboxylic acids is 1. The lowest BCUT2D eigenvalue weighted by Crippen LogP contribution is -2.36. The third-order valence-electron chi connectivity index (χ3n) is 7.36.